The molecule has 1 amide bonds. The Bertz CT molecular complexity index is 740. The average molecular weight is 398 g/mol. The zero-order chi connectivity index (χ0) is 19.9. The average Bonchev–Trinajstić information content (AvgIpc) is 2.66. The van der Waals surface area contributed by atoms with Crippen LogP contribution in [0.15, 0.2) is 29.2 Å². The van der Waals surface area contributed by atoms with Crippen molar-refractivity contribution in [1.29, 1.82) is 0 Å². The van der Waals surface area contributed by atoms with Crippen LogP contribution in [0.3, 0.4) is 0 Å². The number of hydrogen-bond acceptors (Lipinski definition) is 5. The van der Waals surface area contributed by atoms with Gasteiger partial charge in [0.2, 0.25) is 15.9 Å². The highest BCUT2D eigenvalue weighted by molar-refractivity contribution is 7.89. The van der Waals surface area contributed by atoms with Crippen molar-refractivity contribution in [2.75, 3.05) is 26.2 Å². The van der Waals surface area contributed by atoms with Crippen molar-refractivity contribution in [2.24, 2.45) is 5.92 Å². The first-order valence-corrected chi connectivity index (χ1v) is 10.5. The highest BCUT2D eigenvalue weighted by Gasteiger charge is 2.31. The number of ether oxygens (including phenoxy) is 1. The summed E-state index contributed by atoms with van der Waals surface area (Å²) in [7, 11) is -3.59. The van der Waals surface area contributed by atoms with Crippen LogP contribution in [-0.2, 0) is 19.6 Å². The second-order valence-corrected chi connectivity index (χ2v) is 8.31. The molecule has 9 heteroatoms. The Balaban J connectivity index is 1.86. The Hall–Kier alpha value is -2.13. The van der Waals surface area contributed by atoms with Gasteiger partial charge in [-0.25, -0.2) is 8.42 Å². The maximum Gasteiger partial charge on any atom is 0.303 e. The van der Waals surface area contributed by atoms with Gasteiger partial charge in [-0.1, -0.05) is 0 Å². The number of piperidine rings is 1. The largest absolute Gasteiger partial charge is 0.494 e. The first kappa shape index (κ1) is 21.2. The molecular weight excluding hydrogens is 372 g/mol. The van der Waals surface area contributed by atoms with Crippen molar-refractivity contribution in [3.8, 4) is 5.75 Å². The molecule has 2 rings (SSSR count). The van der Waals surface area contributed by atoms with Gasteiger partial charge in [0.1, 0.15) is 5.75 Å². The van der Waals surface area contributed by atoms with Gasteiger partial charge in [-0.05, 0) is 50.5 Å². The number of aliphatic carboxylic acids is 1. The van der Waals surface area contributed by atoms with E-state index in [9.17, 15) is 18.0 Å². The van der Waals surface area contributed by atoms with Gasteiger partial charge in [0.15, 0.2) is 0 Å². The molecule has 1 aromatic rings. The van der Waals surface area contributed by atoms with Crippen LogP contribution in [0.5, 0.6) is 5.75 Å². The SMILES string of the molecule is CCOc1ccc(S(=O)(=O)N2CCC(C(=O)NCCCC(=O)O)CC2)cc1. The lowest BCUT2D eigenvalue weighted by molar-refractivity contribution is -0.137. The lowest BCUT2D eigenvalue weighted by atomic mass is 9.97. The fourth-order valence-corrected chi connectivity index (χ4v) is 4.45. The Labute approximate surface area is 159 Å². The number of carbonyl (C=O) groups excluding carboxylic acids is 1. The molecule has 1 aliphatic rings. The fourth-order valence-electron chi connectivity index (χ4n) is 2.98. The van der Waals surface area contributed by atoms with Gasteiger partial charge in [-0.3, -0.25) is 9.59 Å². The van der Waals surface area contributed by atoms with E-state index in [1.54, 1.807) is 12.1 Å². The van der Waals surface area contributed by atoms with Crippen LogP contribution in [0, 0.1) is 5.92 Å². The second-order valence-electron chi connectivity index (χ2n) is 6.37. The lowest BCUT2D eigenvalue weighted by Crippen LogP contribution is -2.43. The van der Waals surface area contributed by atoms with Gasteiger partial charge in [0.25, 0.3) is 0 Å². The molecule has 1 heterocycles. The number of hydrogen-bond donors (Lipinski definition) is 2. The Morgan fingerprint density at radius 1 is 1.22 bits per heavy atom. The van der Waals surface area contributed by atoms with Crippen LogP contribution < -0.4 is 10.1 Å². The normalized spacial score (nSPS) is 16.0. The third-order valence-corrected chi connectivity index (χ3v) is 6.38. The van der Waals surface area contributed by atoms with Gasteiger partial charge < -0.3 is 15.2 Å². The molecule has 1 aromatic carbocycles. The lowest BCUT2D eigenvalue weighted by Gasteiger charge is -2.30. The first-order chi connectivity index (χ1) is 12.8. The van der Waals surface area contributed by atoms with Crippen LogP contribution in [0.1, 0.15) is 32.6 Å². The minimum absolute atomic E-state index is 0.0130. The first-order valence-electron chi connectivity index (χ1n) is 9.07. The van der Waals surface area contributed by atoms with Crippen LogP contribution in [-0.4, -0.2) is 55.9 Å². The number of benzene rings is 1. The van der Waals surface area contributed by atoms with E-state index >= 15 is 0 Å². The van der Waals surface area contributed by atoms with E-state index in [1.165, 1.54) is 16.4 Å². The van der Waals surface area contributed by atoms with Crippen molar-refractivity contribution < 1.29 is 27.9 Å². The Morgan fingerprint density at radius 2 is 1.85 bits per heavy atom. The summed E-state index contributed by atoms with van der Waals surface area (Å²) >= 11 is 0. The number of sulfonamides is 1. The molecule has 0 aromatic heterocycles. The zero-order valence-electron chi connectivity index (χ0n) is 15.4. The Kier molecular flexibility index (Phi) is 7.61. The van der Waals surface area contributed by atoms with Gasteiger partial charge in [-0.2, -0.15) is 4.31 Å². The molecule has 27 heavy (non-hydrogen) atoms. The number of amides is 1. The monoisotopic (exact) mass is 398 g/mol. The quantitative estimate of drug-likeness (QED) is 0.609. The molecule has 0 atom stereocenters. The minimum atomic E-state index is -3.59. The van der Waals surface area contributed by atoms with E-state index < -0.39 is 16.0 Å². The van der Waals surface area contributed by atoms with Gasteiger partial charge in [0.05, 0.1) is 11.5 Å². The highest BCUT2D eigenvalue weighted by Crippen LogP contribution is 2.25. The molecule has 150 valence electrons. The molecular formula is C18H26N2O6S. The van der Waals surface area contributed by atoms with Gasteiger partial charge in [-0.15, -0.1) is 0 Å². The summed E-state index contributed by atoms with van der Waals surface area (Å²) in [6, 6.07) is 6.32. The zero-order valence-corrected chi connectivity index (χ0v) is 16.2. The number of carboxylic acid groups (broad SMARTS) is 1. The number of carbonyl (C=O) groups is 2. The summed E-state index contributed by atoms with van der Waals surface area (Å²) in [5.41, 5.74) is 0. The standard InChI is InChI=1S/C18H26N2O6S/c1-2-26-15-5-7-16(8-6-15)27(24,25)20-12-9-14(10-13-20)18(23)19-11-3-4-17(21)22/h5-8,14H,2-4,9-13H2,1H3,(H,19,23)(H,21,22). The van der Waals surface area contributed by atoms with E-state index in [0.717, 1.165) is 0 Å². The Morgan fingerprint density at radius 3 is 2.41 bits per heavy atom. The topological polar surface area (TPSA) is 113 Å². The molecule has 1 saturated heterocycles. The molecule has 0 bridgehead atoms. The third-order valence-electron chi connectivity index (χ3n) is 4.46. The van der Waals surface area contributed by atoms with Crippen LogP contribution in [0.4, 0.5) is 0 Å². The van der Waals surface area contributed by atoms with Crippen LogP contribution in [0.2, 0.25) is 0 Å². The summed E-state index contributed by atoms with van der Waals surface area (Å²) in [6.07, 6.45) is 1.28. The predicted octanol–water partition coefficient (Wildman–Crippen LogP) is 1.47. The molecule has 0 saturated carbocycles. The smallest absolute Gasteiger partial charge is 0.303 e. The number of rotatable bonds is 9. The predicted molar refractivity (Wildman–Crippen MR) is 99.0 cm³/mol. The molecule has 0 aliphatic carbocycles. The number of nitrogens with one attached hydrogen (secondary N) is 1. The van der Waals surface area contributed by atoms with Crippen LogP contribution >= 0.6 is 0 Å². The molecule has 0 radical (unpaired) electrons. The van der Waals surface area contributed by atoms with Gasteiger partial charge in [0, 0.05) is 32.0 Å². The van der Waals surface area contributed by atoms with Crippen molar-refractivity contribution in [3.05, 3.63) is 24.3 Å². The summed E-state index contributed by atoms with van der Waals surface area (Å²) in [5, 5.41) is 11.3. The van der Waals surface area contributed by atoms with E-state index in [0.29, 0.717) is 38.2 Å². The van der Waals surface area contributed by atoms with Crippen LogP contribution in [0.25, 0.3) is 0 Å². The molecule has 0 spiro atoms. The van der Waals surface area contributed by atoms with Gasteiger partial charge >= 0.3 is 5.97 Å². The maximum atomic E-state index is 12.7. The summed E-state index contributed by atoms with van der Waals surface area (Å²) in [6.45, 7) is 3.25. The molecule has 1 fully saturated rings. The van der Waals surface area contributed by atoms with Crippen molar-refractivity contribution in [2.45, 2.75) is 37.5 Å². The summed E-state index contributed by atoms with van der Waals surface area (Å²) in [5.74, 6) is -0.660. The van der Waals surface area contributed by atoms with Crippen molar-refractivity contribution in [1.82, 2.24) is 9.62 Å². The molecule has 1 aliphatic heterocycles. The maximum absolute atomic E-state index is 12.7. The van der Waals surface area contributed by atoms with E-state index in [1.807, 2.05) is 6.92 Å². The fraction of sp³-hybridized carbons (Fsp3) is 0.556. The van der Waals surface area contributed by atoms with Crippen molar-refractivity contribution in [3.63, 3.8) is 0 Å². The van der Waals surface area contributed by atoms with E-state index in [2.05, 4.69) is 5.32 Å². The molecule has 8 nitrogen and oxygen atoms in total. The van der Waals surface area contributed by atoms with E-state index in [4.69, 9.17) is 9.84 Å². The third kappa shape index (κ3) is 5.93. The second kappa shape index (κ2) is 9.70. The number of nitrogens with zero attached hydrogens (tertiary/aromatic N) is 1. The molecule has 2 N–H and O–H groups in total. The summed E-state index contributed by atoms with van der Waals surface area (Å²) in [4.78, 5) is 22.8. The van der Waals surface area contributed by atoms with Crippen molar-refractivity contribution >= 4 is 21.9 Å². The van der Waals surface area contributed by atoms with E-state index in [-0.39, 0.29) is 36.2 Å². The highest BCUT2D eigenvalue weighted by atomic mass is 32.2. The number of carboxylic acids is 1. The summed E-state index contributed by atoms with van der Waals surface area (Å²) < 4.78 is 32.2. The minimum Gasteiger partial charge on any atom is -0.494 e. The molecule has 0 unspecified atom stereocenters.